The van der Waals surface area contributed by atoms with Gasteiger partial charge < -0.3 is 10.1 Å². The molecule has 2 rings (SSSR count). The minimum atomic E-state index is 0.923. The highest BCUT2D eigenvalue weighted by Gasteiger charge is 2.03. The Morgan fingerprint density at radius 2 is 2.29 bits per heavy atom. The Labute approximate surface area is 87.5 Å². The molecule has 0 aliphatic carbocycles. The quantitative estimate of drug-likeness (QED) is 0.835. The van der Waals surface area contributed by atoms with E-state index in [4.69, 9.17) is 4.74 Å². The molecule has 3 heteroatoms. The van der Waals surface area contributed by atoms with Crippen molar-refractivity contribution < 1.29 is 4.74 Å². The summed E-state index contributed by atoms with van der Waals surface area (Å²) in [6.07, 6.45) is 0. The molecular formula is C11H13NOS. The molecule has 74 valence electrons. The lowest BCUT2D eigenvalue weighted by Gasteiger charge is -2.00. The molecule has 0 unspecified atom stereocenters. The highest BCUT2D eigenvalue weighted by molar-refractivity contribution is 7.17. The number of methoxy groups -OCH3 is 1. The smallest absolute Gasteiger partial charge is 0.120 e. The fourth-order valence-electron chi connectivity index (χ4n) is 1.52. The van der Waals surface area contributed by atoms with E-state index in [2.05, 4.69) is 22.8 Å². The highest BCUT2D eigenvalue weighted by Crippen LogP contribution is 2.29. The summed E-state index contributed by atoms with van der Waals surface area (Å²) in [5, 5.41) is 6.69. The van der Waals surface area contributed by atoms with Crippen LogP contribution in [-0.2, 0) is 6.54 Å². The first-order valence-corrected chi connectivity index (χ1v) is 5.42. The Morgan fingerprint density at radius 3 is 3.00 bits per heavy atom. The number of fused-ring (bicyclic) bond motifs is 1. The number of hydrogen-bond donors (Lipinski definition) is 1. The second-order valence-electron chi connectivity index (χ2n) is 3.15. The molecule has 1 heterocycles. The van der Waals surface area contributed by atoms with Gasteiger partial charge in [0.05, 0.1) is 7.11 Å². The van der Waals surface area contributed by atoms with Crippen LogP contribution in [0.5, 0.6) is 5.75 Å². The highest BCUT2D eigenvalue weighted by atomic mass is 32.1. The van der Waals surface area contributed by atoms with Gasteiger partial charge in [-0.3, -0.25) is 0 Å². The van der Waals surface area contributed by atoms with E-state index in [1.54, 1.807) is 18.4 Å². The van der Waals surface area contributed by atoms with Crippen molar-refractivity contribution in [1.29, 1.82) is 0 Å². The predicted octanol–water partition coefficient (Wildman–Crippen LogP) is 2.63. The molecule has 2 nitrogen and oxygen atoms in total. The third-order valence-corrected chi connectivity index (χ3v) is 3.22. The summed E-state index contributed by atoms with van der Waals surface area (Å²) in [5.74, 6) is 0.926. The zero-order valence-corrected chi connectivity index (χ0v) is 9.15. The van der Waals surface area contributed by atoms with Crippen molar-refractivity contribution in [2.75, 3.05) is 14.2 Å². The lowest BCUT2D eigenvalue weighted by atomic mass is 10.2. The van der Waals surface area contributed by atoms with E-state index in [0.717, 1.165) is 12.3 Å². The molecule has 0 saturated heterocycles. The molecule has 0 saturated carbocycles. The van der Waals surface area contributed by atoms with Crippen LogP contribution in [0.25, 0.3) is 10.1 Å². The van der Waals surface area contributed by atoms with Gasteiger partial charge in [0.2, 0.25) is 0 Å². The van der Waals surface area contributed by atoms with E-state index in [1.165, 1.54) is 15.6 Å². The summed E-state index contributed by atoms with van der Waals surface area (Å²) in [6, 6.07) is 6.21. The van der Waals surface area contributed by atoms with Crippen molar-refractivity contribution in [2.45, 2.75) is 6.54 Å². The normalized spacial score (nSPS) is 10.7. The Kier molecular flexibility index (Phi) is 2.70. The average molecular weight is 207 g/mol. The van der Waals surface area contributed by atoms with Gasteiger partial charge in [0.1, 0.15) is 5.75 Å². The number of nitrogens with one attached hydrogen (secondary N) is 1. The van der Waals surface area contributed by atoms with Crippen LogP contribution in [0.4, 0.5) is 0 Å². The SMILES string of the molecule is CNCc1csc2cc(OC)ccc12. The van der Waals surface area contributed by atoms with E-state index in [-0.39, 0.29) is 0 Å². The van der Waals surface area contributed by atoms with E-state index in [9.17, 15) is 0 Å². The van der Waals surface area contributed by atoms with Crippen LogP contribution < -0.4 is 10.1 Å². The molecule has 1 N–H and O–H groups in total. The maximum Gasteiger partial charge on any atom is 0.120 e. The lowest BCUT2D eigenvalue weighted by molar-refractivity contribution is 0.415. The van der Waals surface area contributed by atoms with Crippen LogP contribution in [0.15, 0.2) is 23.6 Å². The summed E-state index contributed by atoms with van der Waals surface area (Å²) >= 11 is 1.76. The van der Waals surface area contributed by atoms with Crippen molar-refractivity contribution in [2.24, 2.45) is 0 Å². The van der Waals surface area contributed by atoms with Gasteiger partial charge >= 0.3 is 0 Å². The Bertz CT molecular complexity index is 436. The first-order chi connectivity index (χ1) is 6.85. The van der Waals surface area contributed by atoms with Gasteiger partial charge in [0, 0.05) is 11.2 Å². The van der Waals surface area contributed by atoms with Gasteiger partial charge in [-0.1, -0.05) is 0 Å². The number of ether oxygens (including phenoxy) is 1. The molecule has 2 aromatic rings. The molecule has 1 aromatic carbocycles. The zero-order chi connectivity index (χ0) is 9.97. The van der Waals surface area contributed by atoms with Gasteiger partial charge in [-0.2, -0.15) is 0 Å². The average Bonchev–Trinajstić information content (AvgIpc) is 2.61. The number of benzene rings is 1. The maximum absolute atomic E-state index is 5.18. The Morgan fingerprint density at radius 1 is 1.43 bits per heavy atom. The van der Waals surface area contributed by atoms with Crippen molar-refractivity contribution in [1.82, 2.24) is 5.32 Å². The first kappa shape index (κ1) is 9.49. The summed E-state index contributed by atoms with van der Waals surface area (Å²) in [7, 11) is 3.66. The Hall–Kier alpha value is -1.06. The molecule has 1 aromatic heterocycles. The van der Waals surface area contributed by atoms with Crippen LogP contribution in [0, 0.1) is 0 Å². The molecule has 0 aliphatic rings. The monoisotopic (exact) mass is 207 g/mol. The standard InChI is InChI=1S/C11H13NOS/c1-12-6-8-7-14-11-5-9(13-2)3-4-10(8)11/h3-5,7,12H,6H2,1-2H3. The lowest BCUT2D eigenvalue weighted by Crippen LogP contribution is -2.03. The molecule has 0 atom stereocenters. The van der Waals surface area contributed by atoms with Crippen LogP contribution in [0.3, 0.4) is 0 Å². The number of rotatable bonds is 3. The second-order valence-corrected chi connectivity index (χ2v) is 4.06. The fraction of sp³-hybridized carbons (Fsp3) is 0.273. The Balaban J connectivity index is 2.48. The van der Waals surface area contributed by atoms with E-state index >= 15 is 0 Å². The van der Waals surface area contributed by atoms with E-state index in [0.29, 0.717) is 0 Å². The summed E-state index contributed by atoms with van der Waals surface area (Å²) in [6.45, 7) is 0.923. The van der Waals surface area contributed by atoms with Crippen LogP contribution in [0.1, 0.15) is 5.56 Å². The predicted molar refractivity (Wildman–Crippen MR) is 61.1 cm³/mol. The van der Waals surface area contributed by atoms with Gasteiger partial charge in [0.25, 0.3) is 0 Å². The van der Waals surface area contributed by atoms with Crippen LogP contribution >= 0.6 is 11.3 Å². The van der Waals surface area contributed by atoms with Crippen LogP contribution in [-0.4, -0.2) is 14.2 Å². The minimum Gasteiger partial charge on any atom is -0.497 e. The topological polar surface area (TPSA) is 21.3 Å². The number of hydrogen-bond acceptors (Lipinski definition) is 3. The molecule has 0 bridgehead atoms. The maximum atomic E-state index is 5.18. The molecular weight excluding hydrogens is 194 g/mol. The second kappa shape index (κ2) is 3.98. The minimum absolute atomic E-state index is 0.923. The van der Waals surface area contributed by atoms with Gasteiger partial charge in [-0.25, -0.2) is 0 Å². The van der Waals surface area contributed by atoms with Crippen molar-refractivity contribution in [3.05, 3.63) is 29.1 Å². The number of thiophene rings is 1. The molecule has 0 fully saturated rings. The molecule has 0 aliphatic heterocycles. The van der Waals surface area contributed by atoms with Crippen molar-refractivity contribution >= 4 is 21.4 Å². The fourth-order valence-corrected chi connectivity index (χ4v) is 2.51. The molecule has 0 amide bonds. The van der Waals surface area contributed by atoms with Crippen LogP contribution in [0.2, 0.25) is 0 Å². The van der Waals surface area contributed by atoms with Gasteiger partial charge in [0.15, 0.2) is 0 Å². The van der Waals surface area contributed by atoms with Gasteiger partial charge in [-0.05, 0) is 41.6 Å². The van der Waals surface area contributed by atoms with Gasteiger partial charge in [-0.15, -0.1) is 11.3 Å². The largest absolute Gasteiger partial charge is 0.497 e. The third kappa shape index (κ3) is 1.61. The van der Waals surface area contributed by atoms with E-state index in [1.807, 2.05) is 13.1 Å². The van der Waals surface area contributed by atoms with Crippen molar-refractivity contribution in [3.8, 4) is 5.75 Å². The summed E-state index contributed by atoms with van der Waals surface area (Å²) in [5.41, 5.74) is 1.36. The summed E-state index contributed by atoms with van der Waals surface area (Å²) in [4.78, 5) is 0. The zero-order valence-electron chi connectivity index (χ0n) is 8.33. The van der Waals surface area contributed by atoms with Crippen molar-refractivity contribution in [3.63, 3.8) is 0 Å². The summed E-state index contributed by atoms with van der Waals surface area (Å²) < 4.78 is 6.47. The molecule has 0 spiro atoms. The third-order valence-electron chi connectivity index (χ3n) is 2.23. The first-order valence-electron chi connectivity index (χ1n) is 4.54. The molecule has 0 radical (unpaired) electrons. The van der Waals surface area contributed by atoms with E-state index < -0.39 is 0 Å². The molecule has 14 heavy (non-hydrogen) atoms.